The van der Waals surface area contributed by atoms with Crippen LogP contribution in [0.4, 0.5) is 13.2 Å². The Balaban J connectivity index is 0.000000366. The van der Waals surface area contributed by atoms with Crippen LogP contribution in [0.15, 0.2) is 49.0 Å². The Morgan fingerprint density at radius 1 is 0.909 bits per heavy atom. The van der Waals surface area contributed by atoms with Crippen LogP contribution in [0.25, 0.3) is 5.57 Å². The third-order valence-corrected chi connectivity index (χ3v) is 2.75. The van der Waals surface area contributed by atoms with Crippen molar-refractivity contribution in [3.8, 4) is 0 Å². The van der Waals surface area contributed by atoms with Gasteiger partial charge in [0.25, 0.3) is 0 Å². The molecule has 0 heterocycles. The Morgan fingerprint density at radius 2 is 1.50 bits per heavy atom. The van der Waals surface area contributed by atoms with Gasteiger partial charge >= 0.3 is 0 Å². The van der Waals surface area contributed by atoms with Crippen LogP contribution in [0.3, 0.4) is 0 Å². The van der Waals surface area contributed by atoms with Crippen molar-refractivity contribution in [2.24, 2.45) is 0 Å². The molecule has 0 aromatic heterocycles. The van der Waals surface area contributed by atoms with Crippen LogP contribution in [0.1, 0.15) is 38.8 Å². The first-order chi connectivity index (χ1) is 10.5. The normalized spacial score (nSPS) is 9.05. The maximum absolute atomic E-state index is 12.6. The third-order valence-electron chi connectivity index (χ3n) is 2.75. The summed E-state index contributed by atoms with van der Waals surface area (Å²) in [7, 11) is 0. The van der Waals surface area contributed by atoms with Crippen LogP contribution >= 0.6 is 0 Å². The second-order valence-electron chi connectivity index (χ2n) is 4.35. The highest BCUT2D eigenvalue weighted by Gasteiger charge is 2.01. The molecule has 0 spiro atoms. The monoisotopic (exact) mass is 308 g/mol. The maximum Gasteiger partial charge on any atom is 0.159 e. The van der Waals surface area contributed by atoms with Crippen molar-refractivity contribution in [1.82, 2.24) is 0 Å². The summed E-state index contributed by atoms with van der Waals surface area (Å²) in [5.74, 6) is -1.75. The maximum atomic E-state index is 12.6. The number of hydrogen-bond donors (Lipinski definition) is 0. The topological polar surface area (TPSA) is 0 Å². The van der Waals surface area contributed by atoms with Crippen LogP contribution < -0.4 is 0 Å². The average molecular weight is 308 g/mol. The van der Waals surface area contributed by atoms with Gasteiger partial charge in [0.2, 0.25) is 0 Å². The minimum absolute atomic E-state index is 0.0972. The van der Waals surface area contributed by atoms with Crippen molar-refractivity contribution in [3.63, 3.8) is 0 Å². The van der Waals surface area contributed by atoms with E-state index in [0.717, 1.165) is 29.7 Å². The first-order valence-electron chi connectivity index (χ1n) is 7.30. The number of halogens is 3. The SMILES string of the molecule is C=C(C)c1ccc(F)c(F)c1.CC.CCc1ccccc1F. The van der Waals surface area contributed by atoms with Gasteiger partial charge in [0.1, 0.15) is 5.82 Å². The largest absolute Gasteiger partial charge is 0.207 e. The summed E-state index contributed by atoms with van der Waals surface area (Å²) < 4.78 is 37.5. The van der Waals surface area contributed by atoms with Crippen molar-refractivity contribution in [3.05, 3.63) is 77.6 Å². The van der Waals surface area contributed by atoms with Crippen LogP contribution in [0.5, 0.6) is 0 Å². The van der Waals surface area contributed by atoms with Crippen molar-refractivity contribution < 1.29 is 13.2 Å². The molecule has 0 bridgehead atoms. The van der Waals surface area contributed by atoms with E-state index in [4.69, 9.17) is 0 Å². The predicted molar refractivity (Wildman–Crippen MR) is 88.2 cm³/mol. The lowest BCUT2D eigenvalue weighted by Crippen LogP contribution is -1.85. The fraction of sp³-hybridized carbons (Fsp3) is 0.263. The van der Waals surface area contributed by atoms with E-state index in [1.54, 1.807) is 19.1 Å². The second kappa shape index (κ2) is 10.7. The molecule has 0 nitrogen and oxygen atoms in total. The van der Waals surface area contributed by atoms with Crippen molar-refractivity contribution >= 4 is 5.57 Å². The average Bonchev–Trinajstić information content (AvgIpc) is 2.53. The van der Waals surface area contributed by atoms with Gasteiger partial charge in [-0.1, -0.05) is 57.2 Å². The zero-order valence-corrected chi connectivity index (χ0v) is 13.6. The molecule has 0 N–H and O–H groups in total. The summed E-state index contributed by atoms with van der Waals surface area (Å²) in [4.78, 5) is 0. The van der Waals surface area contributed by atoms with Crippen molar-refractivity contribution in [2.75, 3.05) is 0 Å². The first kappa shape index (κ1) is 20.0. The second-order valence-corrected chi connectivity index (χ2v) is 4.35. The zero-order valence-electron chi connectivity index (χ0n) is 13.6. The highest BCUT2D eigenvalue weighted by Crippen LogP contribution is 2.14. The molecule has 0 atom stereocenters. The standard InChI is InChI=1S/C9H8F2.C8H9F.C2H6/c1-6(2)7-3-4-8(10)9(11)5-7;1-2-7-5-3-4-6-8(7)9;1-2/h3-5H,1H2,2H3;3-6H,2H2,1H3;1-2H3. The molecule has 2 aromatic rings. The van der Waals surface area contributed by atoms with Gasteiger partial charge in [-0.25, -0.2) is 13.2 Å². The summed E-state index contributed by atoms with van der Waals surface area (Å²) in [6.45, 7) is 11.3. The molecule has 0 fully saturated rings. The van der Waals surface area contributed by atoms with Gasteiger partial charge in [0, 0.05) is 0 Å². The molecule has 0 amide bonds. The highest BCUT2D eigenvalue weighted by molar-refractivity contribution is 5.61. The molecule has 0 aliphatic carbocycles. The molecule has 120 valence electrons. The summed E-state index contributed by atoms with van der Waals surface area (Å²) in [5.41, 5.74) is 2.14. The summed E-state index contributed by atoms with van der Waals surface area (Å²) in [6.07, 6.45) is 0.771. The zero-order chi connectivity index (χ0) is 17.1. The number of aryl methyl sites for hydroxylation is 1. The van der Waals surface area contributed by atoms with Gasteiger partial charge in [0.05, 0.1) is 0 Å². The molecule has 0 aliphatic rings. The van der Waals surface area contributed by atoms with Gasteiger partial charge in [-0.3, -0.25) is 0 Å². The molecule has 2 rings (SSSR count). The Kier molecular flexibility index (Phi) is 9.68. The molecule has 0 aliphatic heterocycles. The Bertz CT molecular complexity index is 589. The summed E-state index contributed by atoms with van der Waals surface area (Å²) >= 11 is 0. The number of hydrogen-bond acceptors (Lipinski definition) is 0. The van der Waals surface area contributed by atoms with E-state index < -0.39 is 11.6 Å². The molecular weight excluding hydrogens is 285 g/mol. The van der Waals surface area contributed by atoms with Crippen molar-refractivity contribution in [1.29, 1.82) is 0 Å². The molecule has 2 aromatic carbocycles. The molecule has 0 radical (unpaired) electrons. The number of allylic oxidation sites excluding steroid dienone is 1. The number of benzene rings is 2. The molecular formula is C19H23F3. The van der Waals surface area contributed by atoms with Gasteiger partial charge in [-0.2, -0.15) is 0 Å². The van der Waals surface area contributed by atoms with E-state index in [0.29, 0.717) is 5.56 Å². The van der Waals surface area contributed by atoms with Crippen LogP contribution in [0, 0.1) is 17.5 Å². The van der Waals surface area contributed by atoms with Crippen LogP contribution in [0.2, 0.25) is 0 Å². The lowest BCUT2D eigenvalue weighted by Gasteiger charge is -1.98. The predicted octanol–water partition coefficient (Wildman–Crippen LogP) is 6.41. The van der Waals surface area contributed by atoms with Gasteiger partial charge in [-0.05, 0) is 42.7 Å². The number of rotatable bonds is 2. The fourth-order valence-corrected chi connectivity index (χ4v) is 1.55. The van der Waals surface area contributed by atoms with Crippen LogP contribution in [-0.2, 0) is 6.42 Å². The van der Waals surface area contributed by atoms with Crippen molar-refractivity contribution in [2.45, 2.75) is 34.1 Å². The Morgan fingerprint density at radius 3 is 1.91 bits per heavy atom. The van der Waals surface area contributed by atoms with E-state index in [1.165, 1.54) is 12.1 Å². The summed E-state index contributed by atoms with van der Waals surface area (Å²) in [6, 6.07) is 10.6. The van der Waals surface area contributed by atoms with Crippen LogP contribution in [-0.4, -0.2) is 0 Å². The highest BCUT2D eigenvalue weighted by atomic mass is 19.2. The summed E-state index contributed by atoms with van der Waals surface area (Å²) in [5, 5.41) is 0. The van der Waals surface area contributed by atoms with Gasteiger partial charge in [0.15, 0.2) is 11.6 Å². The quantitative estimate of drug-likeness (QED) is 0.601. The van der Waals surface area contributed by atoms with E-state index in [1.807, 2.05) is 26.8 Å². The molecule has 0 unspecified atom stereocenters. The third kappa shape index (κ3) is 6.61. The van der Waals surface area contributed by atoms with Gasteiger partial charge in [-0.15, -0.1) is 0 Å². The Hall–Kier alpha value is -2.03. The molecule has 22 heavy (non-hydrogen) atoms. The molecule has 0 saturated heterocycles. The first-order valence-corrected chi connectivity index (χ1v) is 7.30. The minimum atomic E-state index is -0.828. The Labute approximate surface area is 131 Å². The van der Waals surface area contributed by atoms with E-state index in [-0.39, 0.29) is 5.82 Å². The lowest BCUT2D eigenvalue weighted by molar-refractivity contribution is 0.508. The lowest BCUT2D eigenvalue weighted by atomic mass is 10.1. The van der Waals surface area contributed by atoms with E-state index in [2.05, 4.69) is 6.58 Å². The molecule has 3 heteroatoms. The van der Waals surface area contributed by atoms with Gasteiger partial charge < -0.3 is 0 Å². The molecule has 0 saturated carbocycles. The van der Waals surface area contributed by atoms with E-state index >= 15 is 0 Å². The smallest absolute Gasteiger partial charge is 0.159 e. The minimum Gasteiger partial charge on any atom is -0.207 e. The van der Waals surface area contributed by atoms with E-state index in [9.17, 15) is 13.2 Å². The fourth-order valence-electron chi connectivity index (χ4n) is 1.55.